The van der Waals surface area contributed by atoms with Gasteiger partial charge >= 0.3 is 5.97 Å². The van der Waals surface area contributed by atoms with Gasteiger partial charge in [-0.25, -0.2) is 4.79 Å². The topological polar surface area (TPSA) is 52.4 Å². The van der Waals surface area contributed by atoms with Crippen molar-refractivity contribution in [2.24, 2.45) is 0 Å². The molecule has 0 spiro atoms. The highest BCUT2D eigenvalue weighted by atomic mass is 16.5. The molecule has 1 rings (SSSR count). The third kappa shape index (κ3) is 3.09. The number of ether oxygens (including phenoxy) is 1. The Hall–Kier alpha value is -1.84. The minimum absolute atomic E-state index is 0.398. The van der Waals surface area contributed by atoms with E-state index >= 15 is 0 Å². The van der Waals surface area contributed by atoms with Gasteiger partial charge in [-0.3, -0.25) is 0 Å². The molecule has 0 amide bonds. The van der Waals surface area contributed by atoms with Crippen molar-refractivity contribution in [2.45, 2.75) is 13.0 Å². The first kappa shape index (κ1) is 11.2. The Morgan fingerprint density at radius 1 is 1.47 bits per heavy atom. The van der Waals surface area contributed by atoms with Gasteiger partial charge in [0.2, 0.25) is 0 Å². The van der Waals surface area contributed by atoms with Crippen LogP contribution in [0.3, 0.4) is 0 Å². The summed E-state index contributed by atoms with van der Waals surface area (Å²) in [6.45, 7) is 1.72. The molecule has 0 bridgehead atoms. The second-order valence-electron chi connectivity index (χ2n) is 3.10. The summed E-state index contributed by atoms with van der Waals surface area (Å²) in [5.41, 5.74) is 0.854. The molecule has 4 heteroatoms. The van der Waals surface area contributed by atoms with Gasteiger partial charge in [-0.15, -0.1) is 0 Å². The molecule has 1 atom stereocenters. The standard InChI is InChI=1S/C11H13NO3/c1-9(10-6-4-3-5-7-10)12(14)8-11(13)15-2/h3-9H,1-2H3/b12-8-/t9-/m1/s1. The molecule has 1 aromatic rings. The van der Waals surface area contributed by atoms with Crippen LogP contribution in [0.4, 0.5) is 0 Å². The molecule has 0 aliphatic rings. The lowest BCUT2D eigenvalue weighted by Gasteiger charge is -2.11. The number of carbonyl (C=O) groups is 1. The van der Waals surface area contributed by atoms with E-state index in [9.17, 15) is 10.0 Å². The van der Waals surface area contributed by atoms with Crippen molar-refractivity contribution >= 4 is 12.2 Å². The molecule has 1 aromatic carbocycles. The molecular weight excluding hydrogens is 194 g/mol. The van der Waals surface area contributed by atoms with E-state index in [1.54, 1.807) is 6.92 Å². The molecule has 0 saturated carbocycles. The fraction of sp³-hybridized carbons (Fsp3) is 0.273. The van der Waals surface area contributed by atoms with E-state index in [0.29, 0.717) is 4.74 Å². The predicted octanol–water partition coefficient (Wildman–Crippen LogP) is 1.50. The van der Waals surface area contributed by atoms with Crippen molar-refractivity contribution in [3.63, 3.8) is 0 Å². The number of nitrogens with zero attached hydrogens (tertiary/aromatic N) is 1. The molecule has 80 valence electrons. The number of carbonyl (C=O) groups excluding carboxylic acids is 1. The Morgan fingerprint density at radius 3 is 2.60 bits per heavy atom. The van der Waals surface area contributed by atoms with Crippen molar-refractivity contribution in [1.82, 2.24) is 0 Å². The predicted molar refractivity (Wildman–Crippen MR) is 56.6 cm³/mol. The zero-order valence-electron chi connectivity index (χ0n) is 8.71. The molecule has 0 radical (unpaired) electrons. The Morgan fingerprint density at radius 2 is 2.07 bits per heavy atom. The number of methoxy groups -OCH3 is 1. The maximum atomic E-state index is 11.5. The summed E-state index contributed by atoms with van der Waals surface area (Å²) in [7, 11) is 1.24. The quantitative estimate of drug-likeness (QED) is 0.248. The highest BCUT2D eigenvalue weighted by molar-refractivity contribution is 6.20. The van der Waals surface area contributed by atoms with Crippen molar-refractivity contribution in [1.29, 1.82) is 0 Å². The minimum Gasteiger partial charge on any atom is -0.623 e. The molecule has 0 N–H and O–H groups in total. The Kier molecular flexibility index (Phi) is 3.85. The Bertz CT molecular complexity index is 359. The summed E-state index contributed by atoms with van der Waals surface area (Å²) in [6.07, 6.45) is 0.900. The van der Waals surface area contributed by atoms with Crippen molar-refractivity contribution in [3.05, 3.63) is 41.1 Å². The van der Waals surface area contributed by atoms with E-state index in [-0.39, 0.29) is 0 Å². The SMILES string of the molecule is COC(=O)/C=[N+](\[O-])[C@H](C)c1ccccc1. The fourth-order valence-corrected chi connectivity index (χ4v) is 1.15. The molecule has 15 heavy (non-hydrogen) atoms. The van der Waals surface area contributed by atoms with Crippen LogP contribution in [-0.2, 0) is 9.53 Å². The minimum atomic E-state index is -0.646. The normalized spacial score (nSPS) is 13.3. The monoisotopic (exact) mass is 207 g/mol. The summed E-state index contributed by atoms with van der Waals surface area (Å²) in [5, 5.41) is 11.5. The first-order chi connectivity index (χ1) is 7.15. The molecule has 0 fully saturated rings. The van der Waals surface area contributed by atoms with Crippen molar-refractivity contribution < 1.29 is 14.3 Å². The van der Waals surface area contributed by atoms with Crippen LogP contribution >= 0.6 is 0 Å². The van der Waals surface area contributed by atoms with Crippen LogP contribution in [0.2, 0.25) is 0 Å². The molecule has 0 heterocycles. The first-order valence-electron chi connectivity index (χ1n) is 4.58. The average molecular weight is 207 g/mol. The number of hydrogen-bond acceptors (Lipinski definition) is 3. The molecule has 0 aliphatic heterocycles. The summed E-state index contributed by atoms with van der Waals surface area (Å²) >= 11 is 0. The average Bonchev–Trinajstić information content (AvgIpc) is 2.29. The van der Waals surface area contributed by atoms with E-state index < -0.39 is 12.0 Å². The first-order valence-corrected chi connectivity index (χ1v) is 4.58. The van der Waals surface area contributed by atoms with E-state index in [2.05, 4.69) is 4.74 Å². The van der Waals surface area contributed by atoms with Crippen molar-refractivity contribution in [3.8, 4) is 0 Å². The van der Waals surface area contributed by atoms with E-state index in [4.69, 9.17) is 0 Å². The van der Waals surface area contributed by atoms with E-state index in [1.165, 1.54) is 7.11 Å². The third-order valence-electron chi connectivity index (χ3n) is 2.10. The highest BCUT2D eigenvalue weighted by Crippen LogP contribution is 2.14. The lowest BCUT2D eigenvalue weighted by atomic mass is 10.1. The molecule has 0 aliphatic carbocycles. The second-order valence-corrected chi connectivity index (χ2v) is 3.10. The number of rotatable bonds is 3. The van der Waals surface area contributed by atoms with Crippen LogP contribution in [-0.4, -0.2) is 24.0 Å². The zero-order chi connectivity index (χ0) is 11.3. The van der Waals surface area contributed by atoms with Gasteiger partial charge in [-0.2, -0.15) is 4.74 Å². The smallest absolute Gasteiger partial charge is 0.396 e. The molecular formula is C11H13NO3. The van der Waals surface area contributed by atoms with Gasteiger partial charge in [0.05, 0.1) is 7.11 Å². The van der Waals surface area contributed by atoms with Crippen LogP contribution in [0.15, 0.2) is 30.3 Å². The maximum absolute atomic E-state index is 11.5. The summed E-state index contributed by atoms with van der Waals surface area (Å²) < 4.78 is 4.96. The lowest BCUT2D eigenvalue weighted by molar-refractivity contribution is -0.498. The molecule has 4 nitrogen and oxygen atoms in total. The van der Waals surface area contributed by atoms with Gasteiger partial charge in [0.15, 0.2) is 6.04 Å². The van der Waals surface area contributed by atoms with Gasteiger partial charge in [-0.1, -0.05) is 30.3 Å². The summed E-state index contributed by atoms with van der Waals surface area (Å²) in [5.74, 6) is -0.646. The van der Waals surface area contributed by atoms with Gasteiger partial charge in [0.25, 0.3) is 6.21 Å². The van der Waals surface area contributed by atoms with E-state index in [0.717, 1.165) is 11.8 Å². The maximum Gasteiger partial charge on any atom is 0.396 e. The number of hydrogen-bond donors (Lipinski definition) is 0. The van der Waals surface area contributed by atoms with Gasteiger partial charge in [0, 0.05) is 12.5 Å². The summed E-state index contributed by atoms with van der Waals surface area (Å²) in [6, 6.07) is 8.83. The van der Waals surface area contributed by atoms with Crippen LogP contribution in [0, 0.1) is 5.21 Å². The molecule has 0 saturated heterocycles. The fourth-order valence-electron chi connectivity index (χ4n) is 1.15. The van der Waals surface area contributed by atoms with Crippen molar-refractivity contribution in [2.75, 3.05) is 7.11 Å². The van der Waals surface area contributed by atoms with E-state index in [1.807, 2.05) is 30.3 Å². The molecule has 0 unspecified atom stereocenters. The van der Waals surface area contributed by atoms with Crippen LogP contribution < -0.4 is 0 Å². The Balaban J connectivity index is 2.81. The lowest BCUT2D eigenvalue weighted by Crippen LogP contribution is -2.16. The number of benzene rings is 1. The third-order valence-corrected chi connectivity index (χ3v) is 2.10. The van der Waals surface area contributed by atoms with Gasteiger partial charge < -0.3 is 9.94 Å². The van der Waals surface area contributed by atoms with Gasteiger partial charge in [-0.05, 0) is 0 Å². The zero-order valence-corrected chi connectivity index (χ0v) is 8.71. The molecule has 0 aromatic heterocycles. The summed E-state index contributed by atoms with van der Waals surface area (Å²) in [4.78, 5) is 10.8. The number of hydroxylamine groups is 1. The van der Waals surface area contributed by atoms with Gasteiger partial charge in [0.1, 0.15) is 0 Å². The highest BCUT2D eigenvalue weighted by Gasteiger charge is 2.13. The number of esters is 1. The van der Waals surface area contributed by atoms with Crippen LogP contribution in [0.25, 0.3) is 0 Å². The largest absolute Gasteiger partial charge is 0.623 e. The van der Waals surface area contributed by atoms with Crippen LogP contribution in [0.1, 0.15) is 18.5 Å². The van der Waals surface area contributed by atoms with Crippen LogP contribution in [0.5, 0.6) is 0 Å². The Labute approximate surface area is 88.4 Å². The second kappa shape index (κ2) is 5.14.